The van der Waals surface area contributed by atoms with E-state index in [-0.39, 0.29) is 30.3 Å². The zero-order valence-electron chi connectivity index (χ0n) is 17.0. The number of aromatic nitrogens is 2. The van der Waals surface area contributed by atoms with Crippen molar-refractivity contribution in [2.24, 2.45) is 11.5 Å². The van der Waals surface area contributed by atoms with Gasteiger partial charge in [0.2, 0.25) is 5.95 Å². The molecule has 1 aliphatic rings. The van der Waals surface area contributed by atoms with Crippen LogP contribution in [0, 0.1) is 6.92 Å². The number of benzene rings is 2. The van der Waals surface area contributed by atoms with Gasteiger partial charge in [0.15, 0.2) is 0 Å². The Morgan fingerprint density at radius 3 is 2.65 bits per heavy atom. The average molecular weight is 433 g/mol. The number of halogens is 4. The molecule has 0 saturated carbocycles. The normalized spacial score (nSPS) is 17.3. The number of aryl methyl sites for hydroxylation is 1. The Bertz CT molecular complexity index is 1120. The summed E-state index contributed by atoms with van der Waals surface area (Å²) in [5.41, 5.74) is 12.7. The van der Waals surface area contributed by atoms with E-state index in [4.69, 9.17) is 11.5 Å². The van der Waals surface area contributed by atoms with Crippen LogP contribution in [0.1, 0.15) is 34.8 Å². The Labute approximate surface area is 177 Å². The van der Waals surface area contributed by atoms with Crippen LogP contribution in [0.4, 0.5) is 23.5 Å². The lowest BCUT2D eigenvalue weighted by Gasteiger charge is -2.26. The van der Waals surface area contributed by atoms with Crippen LogP contribution in [0.3, 0.4) is 0 Å². The average Bonchev–Trinajstić information content (AvgIpc) is 2.88. The molecule has 0 bridgehead atoms. The smallest absolute Gasteiger partial charge is 0.280 e. The quantitative estimate of drug-likeness (QED) is 0.607. The lowest BCUT2D eigenvalue weighted by Crippen LogP contribution is -2.40. The molecule has 1 aliphatic heterocycles. The first kappa shape index (κ1) is 21.5. The molecular formula is C22H23F4N5. The third-order valence-corrected chi connectivity index (χ3v) is 5.64. The fourth-order valence-electron chi connectivity index (χ4n) is 3.84. The molecule has 2 heterocycles. The lowest BCUT2D eigenvalue weighted by atomic mass is 10.0. The summed E-state index contributed by atoms with van der Waals surface area (Å²) in [6, 6.07) is 9.70. The van der Waals surface area contributed by atoms with E-state index in [1.165, 1.54) is 6.07 Å². The first-order chi connectivity index (χ1) is 14.6. The van der Waals surface area contributed by atoms with E-state index in [9.17, 15) is 17.6 Å². The lowest BCUT2D eigenvalue weighted by molar-refractivity contribution is -0.0173. The third-order valence-electron chi connectivity index (χ3n) is 5.64. The van der Waals surface area contributed by atoms with Crippen molar-refractivity contribution in [3.05, 3.63) is 64.8 Å². The molecule has 1 atom stereocenters. The summed E-state index contributed by atoms with van der Waals surface area (Å²) in [7, 11) is 0. The number of nitrogens with zero attached hydrogens (tertiary/aromatic N) is 3. The van der Waals surface area contributed by atoms with Gasteiger partial charge in [0.25, 0.3) is 11.8 Å². The molecular weight excluding hydrogens is 410 g/mol. The molecule has 5 nitrogen and oxygen atoms in total. The van der Waals surface area contributed by atoms with E-state index in [1.807, 2.05) is 6.92 Å². The van der Waals surface area contributed by atoms with E-state index >= 15 is 0 Å². The summed E-state index contributed by atoms with van der Waals surface area (Å²) in [5.74, 6) is -6.31. The van der Waals surface area contributed by atoms with Gasteiger partial charge >= 0.3 is 0 Å². The van der Waals surface area contributed by atoms with Gasteiger partial charge in [-0.3, -0.25) is 0 Å². The summed E-state index contributed by atoms with van der Waals surface area (Å²) < 4.78 is 58.1. The Hall–Kier alpha value is -2.78. The second-order valence-corrected chi connectivity index (χ2v) is 7.91. The van der Waals surface area contributed by atoms with Crippen LogP contribution in [-0.2, 0) is 12.5 Å². The predicted octanol–water partition coefficient (Wildman–Crippen LogP) is 4.03. The maximum Gasteiger partial charge on any atom is 0.280 e. The minimum absolute atomic E-state index is 0.0407. The first-order valence-electron chi connectivity index (χ1n) is 9.95. The van der Waals surface area contributed by atoms with Crippen LogP contribution in [0.25, 0.3) is 10.9 Å². The standard InChI is InChI=1S/C22H23F4N5/c1-13-6-7-17-15(10-13)18(19(28)22(25,26)12-27)30-20(29-17)31-9-8-21(23,24)16-5-3-2-4-14(16)11-31/h2-7,10,19H,8-9,11-12,27-28H2,1H3. The zero-order chi connectivity index (χ0) is 22.4. The molecule has 1 unspecified atom stereocenters. The molecule has 0 aliphatic carbocycles. The minimum atomic E-state index is -3.39. The Morgan fingerprint density at radius 2 is 1.90 bits per heavy atom. The van der Waals surface area contributed by atoms with Crippen molar-refractivity contribution >= 4 is 16.9 Å². The molecule has 0 radical (unpaired) electrons. The molecule has 0 saturated heterocycles. The van der Waals surface area contributed by atoms with Crippen molar-refractivity contribution in [3.63, 3.8) is 0 Å². The van der Waals surface area contributed by atoms with Gasteiger partial charge in [0.05, 0.1) is 17.8 Å². The van der Waals surface area contributed by atoms with Crippen molar-refractivity contribution in [3.8, 4) is 0 Å². The topological polar surface area (TPSA) is 81.1 Å². The molecule has 0 fully saturated rings. The van der Waals surface area contributed by atoms with Crippen molar-refractivity contribution in [1.29, 1.82) is 0 Å². The van der Waals surface area contributed by atoms with E-state index in [0.717, 1.165) is 5.56 Å². The van der Waals surface area contributed by atoms with Crippen LogP contribution in [0.15, 0.2) is 42.5 Å². The summed E-state index contributed by atoms with van der Waals surface area (Å²) in [6.45, 7) is 0.966. The molecule has 4 rings (SSSR count). The summed E-state index contributed by atoms with van der Waals surface area (Å²) in [4.78, 5) is 10.4. The number of alkyl halides is 4. The van der Waals surface area contributed by atoms with Gasteiger partial charge in [-0.25, -0.2) is 27.5 Å². The van der Waals surface area contributed by atoms with Crippen molar-refractivity contribution < 1.29 is 17.6 Å². The zero-order valence-corrected chi connectivity index (χ0v) is 17.0. The monoisotopic (exact) mass is 433 g/mol. The Morgan fingerprint density at radius 1 is 1.16 bits per heavy atom. The fraction of sp³-hybridized carbons (Fsp3) is 0.364. The van der Waals surface area contributed by atoms with E-state index in [1.54, 1.807) is 41.3 Å². The third kappa shape index (κ3) is 3.95. The highest BCUT2D eigenvalue weighted by Crippen LogP contribution is 2.39. The number of hydrogen-bond acceptors (Lipinski definition) is 5. The molecule has 3 aromatic rings. The second kappa shape index (κ2) is 7.72. The second-order valence-electron chi connectivity index (χ2n) is 7.91. The van der Waals surface area contributed by atoms with Gasteiger partial charge in [-0.1, -0.05) is 35.9 Å². The maximum absolute atomic E-state index is 14.7. The SMILES string of the molecule is Cc1ccc2nc(N3CCC(F)(F)c4ccccc4C3)nc(C(N)C(F)(F)CN)c2c1. The molecule has 9 heteroatoms. The van der Waals surface area contributed by atoms with Crippen LogP contribution < -0.4 is 16.4 Å². The number of anilines is 1. The van der Waals surface area contributed by atoms with Crippen LogP contribution >= 0.6 is 0 Å². The number of nitrogens with two attached hydrogens (primary N) is 2. The largest absolute Gasteiger partial charge is 0.336 e. The highest BCUT2D eigenvalue weighted by molar-refractivity contribution is 5.83. The minimum Gasteiger partial charge on any atom is -0.336 e. The predicted molar refractivity (Wildman–Crippen MR) is 111 cm³/mol. The van der Waals surface area contributed by atoms with Gasteiger partial charge in [-0.2, -0.15) is 0 Å². The number of hydrogen-bond donors (Lipinski definition) is 2. The van der Waals surface area contributed by atoms with E-state index < -0.39 is 30.9 Å². The number of rotatable bonds is 4. The molecule has 1 aromatic heterocycles. The molecule has 31 heavy (non-hydrogen) atoms. The number of fused-ring (bicyclic) bond motifs is 2. The summed E-state index contributed by atoms with van der Waals surface area (Å²) in [5, 5.41) is 0.393. The molecule has 2 aromatic carbocycles. The van der Waals surface area contributed by atoms with E-state index in [2.05, 4.69) is 9.97 Å². The molecule has 4 N–H and O–H groups in total. The highest BCUT2D eigenvalue weighted by atomic mass is 19.3. The van der Waals surface area contributed by atoms with Crippen molar-refractivity contribution in [2.75, 3.05) is 18.0 Å². The van der Waals surface area contributed by atoms with E-state index in [0.29, 0.717) is 16.5 Å². The van der Waals surface area contributed by atoms with Crippen molar-refractivity contribution in [1.82, 2.24) is 9.97 Å². The van der Waals surface area contributed by atoms with Gasteiger partial charge in [-0.15, -0.1) is 0 Å². The van der Waals surface area contributed by atoms with Gasteiger partial charge in [0.1, 0.15) is 6.04 Å². The molecule has 164 valence electrons. The van der Waals surface area contributed by atoms with Gasteiger partial charge in [0, 0.05) is 30.5 Å². The van der Waals surface area contributed by atoms with Gasteiger partial charge in [-0.05, 0) is 24.6 Å². The Balaban J connectivity index is 1.84. The highest BCUT2D eigenvalue weighted by Gasteiger charge is 2.40. The van der Waals surface area contributed by atoms with Crippen LogP contribution in [0.5, 0.6) is 0 Å². The Kier molecular flexibility index (Phi) is 5.35. The van der Waals surface area contributed by atoms with Crippen LogP contribution in [-0.4, -0.2) is 29.0 Å². The summed E-state index contributed by atoms with van der Waals surface area (Å²) >= 11 is 0. The first-order valence-corrected chi connectivity index (χ1v) is 9.95. The van der Waals surface area contributed by atoms with Gasteiger partial charge < -0.3 is 16.4 Å². The van der Waals surface area contributed by atoms with Crippen LogP contribution in [0.2, 0.25) is 0 Å². The summed E-state index contributed by atoms with van der Waals surface area (Å²) in [6.07, 6.45) is -0.445. The molecule has 0 spiro atoms. The fourth-order valence-corrected chi connectivity index (χ4v) is 3.84. The maximum atomic E-state index is 14.7. The molecule has 0 amide bonds. The van der Waals surface area contributed by atoms with Crippen molar-refractivity contribution in [2.45, 2.75) is 37.8 Å².